The fourth-order valence-electron chi connectivity index (χ4n) is 3.04. The smallest absolute Gasteiger partial charge is 0.253 e. The Balaban J connectivity index is 1.59. The summed E-state index contributed by atoms with van der Waals surface area (Å²) in [5.41, 5.74) is 3.45. The van der Waals surface area contributed by atoms with E-state index in [0.29, 0.717) is 17.7 Å². The number of likely N-dealkylation sites (N-methyl/N-ethyl adjacent to an activating group) is 1. The molecule has 2 aromatic rings. The average Bonchev–Trinajstić information content (AvgIpc) is 2.67. The Labute approximate surface area is 154 Å². The second kappa shape index (κ2) is 8.15. The Morgan fingerprint density at radius 2 is 1.54 bits per heavy atom. The van der Waals surface area contributed by atoms with Crippen LogP contribution in [0.25, 0.3) is 0 Å². The van der Waals surface area contributed by atoms with Gasteiger partial charge in [0.25, 0.3) is 11.8 Å². The van der Waals surface area contributed by atoms with Gasteiger partial charge in [-0.2, -0.15) is 0 Å². The third-order valence-electron chi connectivity index (χ3n) is 4.89. The third kappa shape index (κ3) is 4.29. The van der Waals surface area contributed by atoms with Gasteiger partial charge in [0.1, 0.15) is 0 Å². The fraction of sp³-hybridized carbons (Fsp3) is 0.333. The highest BCUT2D eigenvalue weighted by Gasteiger charge is 2.20. The Hall–Kier alpha value is -2.66. The van der Waals surface area contributed by atoms with Crippen molar-refractivity contribution in [1.82, 2.24) is 15.1 Å². The largest absolute Gasteiger partial charge is 0.348 e. The monoisotopic (exact) mass is 351 g/mol. The van der Waals surface area contributed by atoms with E-state index in [1.54, 1.807) is 24.3 Å². The number of carbonyl (C=O) groups excluding carboxylic acids is 2. The Morgan fingerprint density at radius 3 is 2.19 bits per heavy atom. The van der Waals surface area contributed by atoms with E-state index in [2.05, 4.69) is 17.3 Å². The van der Waals surface area contributed by atoms with E-state index in [4.69, 9.17) is 0 Å². The third-order valence-corrected chi connectivity index (χ3v) is 4.89. The molecule has 0 bridgehead atoms. The van der Waals surface area contributed by atoms with E-state index >= 15 is 0 Å². The molecule has 1 fully saturated rings. The fourth-order valence-corrected chi connectivity index (χ4v) is 3.04. The van der Waals surface area contributed by atoms with E-state index in [1.807, 2.05) is 36.1 Å². The summed E-state index contributed by atoms with van der Waals surface area (Å²) in [6, 6.07) is 14.9. The minimum atomic E-state index is -0.133. The Morgan fingerprint density at radius 1 is 0.923 bits per heavy atom. The van der Waals surface area contributed by atoms with E-state index < -0.39 is 0 Å². The molecule has 136 valence electrons. The molecular formula is C21H25N3O2. The summed E-state index contributed by atoms with van der Waals surface area (Å²) in [6.07, 6.45) is 0. The van der Waals surface area contributed by atoms with Gasteiger partial charge in [0.2, 0.25) is 0 Å². The maximum atomic E-state index is 12.5. The van der Waals surface area contributed by atoms with Crippen LogP contribution in [0.1, 0.15) is 31.8 Å². The molecule has 5 heteroatoms. The number of nitrogens with one attached hydrogen (secondary N) is 1. The maximum Gasteiger partial charge on any atom is 0.253 e. The zero-order valence-corrected chi connectivity index (χ0v) is 15.4. The summed E-state index contributed by atoms with van der Waals surface area (Å²) >= 11 is 0. The molecule has 1 saturated heterocycles. The maximum absolute atomic E-state index is 12.5. The molecule has 0 saturated carbocycles. The topological polar surface area (TPSA) is 52.7 Å². The second-order valence-electron chi connectivity index (χ2n) is 6.78. The van der Waals surface area contributed by atoms with Crippen LogP contribution in [-0.4, -0.2) is 54.8 Å². The summed E-state index contributed by atoms with van der Waals surface area (Å²) in [4.78, 5) is 29.0. The van der Waals surface area contributed by atoms with Crippen molar-refractivity contribution in [1.29, 1.82) is 0 Å². The number of carbonyl (C=O) groups is 2. The van der Waals surface area contributed by atoms with Gasteiger partial charge < -0.3 is 15.1 Å². The SMILES string of the molecule is Cc1ccccc1CNC(=O)c1ccc(C(=O)N2CCN(C)CC2)cc1. The lowest BCUT2D eigenvalue weighted by Gasteiger charge is -2.32. The van der Waals surface area contributed by atoms with E-state index in [1.165, 1.54) is 0 Å². The Kier molecular flexibility index (Phi) is 5.68. The lowest BCUT2D eigenvalue weighted by molar-refractivity contribution is 0.0663. The summed E-state index contributed by atoms with van der Waals surface area (Å²) in [5.74, 6) is -0.100. The number of amides is 2. The molecule has 0 aromatic heterocycles. The number of nitrogens with zero attached hydrogens (tertiary/aromatic N) is 2. The zero-order valence-electron chi connectivity index (χ0n) is 15.4. The van der Waals surface area contributed by atoms with Gasteiger partial charge in [-0.25, -0.2) is 0 Å². The minimum absolute atomic E-state index is 0.0324. The molecule has 0 radical (unpaired) electrons. The summed E-state index contributed by atoms with van der Waals surface area (Å²) in [7, 11) is 2.06. The van der Waals surface area contributed by atoms with Crippen LogP contribution in [0.3, 0.4) is 0 Å². The van der Waals surface area contributed by atoms with Crippen LogP contribution in [0.5, 0.6) is 0 Å². The molecule has 26 heavy (non-hydrogen) atoms. The summed E-state index contributed by atoms with van der Waals surface area (Å²) < 4.78 is 0. The number of hydrogen-bond acceptors (Lipinski definition) is 3. The first-order valence-corrected chi connectivity index (χ1v) is 8.95. The van der Waals surface area contributed by atoms with Crippen molar-refractivity contribution in [3.63, 3.8) is 0 Å². The van der Waals surface area contributed by atoms with Crippen molar-refractivity contribution in [2.75, 3.05) is 33.2 Å². The number of benzene rings is 2. The molecule has 0 unspecified atom stereocenters. The molecule has 0 atom stereocenters. The molecule has 1 aliphatic heterocycles. The van der Waals surface area contributed by atoms with Gasteiger partial charge in [-0.05, 0) is 49.4 Å². The Bertz CT molecular complexity index is 778. The minimum Gasteiger partial charge on any atom is -0.348 e. The predicted octanol–water partition coefficient (Wildman–Crippen LogP) is 2.31. The van der Waals surface area contributed by atoms with Gasteiger partial charge in [0.15, 0.2) is 0 Å². The molecule has 1 aliphatic rings. The molecule has 2 amide bonds. The van der Waals surface area contributed by atoms with Gasteiger partial charge >= 0.3 is 0 Å². The molecular weight excluding hydrogens is 326 g/mol. The molecule has 5 nitrogen and oxygen atoms in total. The van der Waals surface area contributed by atoms with Crippen molar-refractivity contribution in [2.45, 2.75) is 13.5 Å². The summed E-state index contributed by atoms with van der Waals surface area (Å²) in [6.45, 7) is 5.80. The van der Waals surface area contributed by atoms with Gasteiger partial charge in [0.05, 0.1) is 0 Å². The quantitative estimate of drug-likeness (QED) is 0.920. The van der Waals surface area contributed by atoms with Crippen molar-refractivity contribution in [3.8, 4) is 0 Å². The van der Waals surface area contributed by atoms with Crippen molar-refractivity contribution < 1.29 is 9.59 Å². The average molecular weight is 351 g/mol. The molecule has 1 N–H and O–H groups in total. The first kappa shape index (κ1) is 18.1. The zero-order chi connectivity index (χ0) is 18.5. The van der Waals surface area contributed by atoms with Crippen molar-refractivity contribution in [3.05, 3.63) is 70.8 Å². The molecule has 1 heterocycles. The van der Waals surface area contributed by atoms with Crippen LogP contribution in [0.2, 0.25) is 0 Å². The van der Waals surface area contributed by atoms with Crippen LogP contribution >= 0.6 is 0 Å². The van der Waals surface area contributed by atoms with Gasteiger partial charge in [-0.3, -0.25) is 9.59 Å². The van der Waals surface area contributed by atoms with Crippen LogP contribution in [0, 0.1) is 6.92 Å². The molecule has 0 aliphatic carbocycles. The van der Waals surface area contributed by atoms with Crippen LogP contribution in [-0.2, 0) is 6.54 Å². The van der Waals surface area contributed by atoms with Crippen molar-refractivity contribution >= 4 is 11.8 Å². The normalized spacial score (nSPS) is 14.9. The van der Waals surface area contributed by atoms with Gasteiger partial charge in [-0.15, -0.1) is 0 Å². The number of rotatable bonds is 4. The van der Waals surface area contributed by atoms with Gasteiger partial charge in [-0.1, -0.05) is 24.3 Å². The number of piperazine rings is 1. The predicted molar refractivity (Wildman–Crippen MR) is 102 cm³/mol. The molecule has 2 aromatic carbocycles. The number of aryl methyl sites for hydroxylation is 1. The molecule has 3 rings (SSSR count). The van der Waals surface area contributed by atoms with Gasteiger partial charge in [0, 0.05) is 43.9 Å². The number of hydrogen-bond donors (Lipinski definition) is 1. The van der Waals surface area contributed by atoms with E-state index in [9.17, 15) is 9.59 Å². The highest BCUT2D eigenvalue weighted by Crippen LogP contribution is 2.11. The van der Waals surface area contributed by atoms with Crippen LogP contribution in [0.4, 0.5) is 0 Å². The van der Waals surface area contributed by atoms with Crippen molar-refractivity contribution in [2.24, 2.45) is 0 Å². The standard InChI is InChI=1S/C21H25N3O2/c1-16-5-3-4-6-19(16)15-22-20(25)17-7-9-18(10-8-17)21(26)24-13-11-23(2)12-14-24/h3-10H,11-15H2,1-2H3,(H,22,25). The van der Waals surface area contributed by atoms with Crippen LogP contribution < -0.4 is 5.32 Å². The first-order valence-electron chi connectivity index (χ1n) is 8.95. The van der Waals surface area contributed by atoms with E-state index in [0.717, 1.165) is 37.3 Å². The second-order valence-corrected chi connectivity index (χ2v) is 6.78. The lowest BCUT2D eigenvalue weighted by Crippen LogP contribution is -2.47. The highest BCUT2D eigenvalue weighted by molar-refractivity contribution is 5.97. The summed E-state index contributed by atoms with van der Waals surface area (Å²) in [5, 5.41) is 2.93. The molecule has 0 spiro atoms. The highest BCUT2D eigenvalue weighted by atomic mass is 16.2. The first-order chi connectivity index (χ1) is 12.5. The lowest BCUT2D eigenvalue weighted by atomic mass is 10.1. The van der Waals surface area contributed by atoms with Crippen LogP contribution in [0.15, 0.2) is 48.5 Å². The van der Waals surface area contributed by atoms with E-state index in [-0.39, 0.29) is 11.8 Å².